The Morgan fingerprint density at radius 3 is 2.52 bits per heavy atom. The van der Waals surface area contributed by atoms with Gasteiger partial charge >= 0.3 is 5.97 Å². The summed E-state index contributed by atoms with van der Waals surface area (Å²) in [5, 5.41) is 2.70. The van der Waals surface area contributed by atoms with Gasteiger partial charge in [0.15, 0.2) is 11.9 Å². The maximum absolute atomic E-state index is 12.1. The van der Waals surface area contributed by atoms with Crippen molar-refractivity contribution in [2.45, 2.75) is 39.7 Å². The molecule has 0 saturated carbocycles. The topological polar surface area (TPSA) is 72.5 Å². The summed E-state index contributed by atoms with van der Waals surface area (Å²) in [4.78, 5) is 37.6. The predicted molar refractivity (Wildman–Crippen MR) is 98.0 cm³/mol. The van der Waals surface area contributed by atoms with Crippen LogP contribution in [0, 0.1) is 13.8 Å². The number of thiophene rings is 1. The lowest BCUT2D eigenvalue weighted by molar-refractivity contribution is -0.153. The molecule has 1 aromatic heterocycles. The summed E-state index contributed by atoms with van der Waals surface area (Å²) in [5.74, 6) is -1.06. The van der Waals surface area contributed by atoms with E-state index in [2.05, 4.69) is 5.32 Å². The second kappa shape index (κ2) is 8.58. The van der Waals surface area contributed by atoms with E-state index in [0.29, 0.717) is 10.6 Å². The van der Waals surface area contributed by atoms with E-state index in [9.17, 15) is 14.4 Å². The Morgan fingerprint density at radius 1 is 1.12 bits per heavy atom. The molecule has 0 aliphatic carbocycles. The first kappa shape index (κ1) is 18.9. The average Bonchev–Trinajstić information content (AvgIpc) is 2.99. The smallest absolute Gasteiger partial charge is 0.307 e. The number of carbonyl (C=O) groups is 3. The molecule has 0 spiro atoms. The maximum Gasteiger partial charge on any atom is 0.307 e. The fourth-order valence-electron chi connectivity index (χ4n) is 2.20. The van der Waals surface area contributed by atoms with E-state index in [0.717, 1.165) is 10.4 Å². The lowest BCUT2D eigenvalue weighted by Gasteiger charge is -2.13. The van der Waals surface area contributed by atoms with Gasteiger partial charge in [0.2, 0.25) is 0 Å². The Bertz CT molecular complexity index is 781. The maximum atomic E-state index is 12.1. The molecule has 5 nitrogen and oxygen atoms in total. The molecule has 0 aliphatic rings. The largest absolute Gasteiger partial charge is 0.453 e. The first-order valence-electron chi connectivity index (χ1n) is 8.02. The average molecular weight is 359 g/mol. The number of anilines is 1. The Labute approximate surface area is 151 Å². The highest BCUT2D eigenvalue weighted by atomic mass is 32.1. The van der Waals surface area contributed by atoms with Crippen molar-refractivity contribution in [2.75, 3.05) is 5.32 Å². The minimum absolute atomic E-state index is 0.0438. The second-order valence-corrected chi connectivity index (χ2v) is 7.11. The van der Waals surface area contributed by atoms with Gasteiger partial charge in [-0.3, -0.25) is 14.4 Å². The van der Waals surface area contributed by atoms with Gasteiger partial charge in [0.25, 0.3) is 5.91 Å². The number of benzene rings is 1. The molecule has 1 heterocycles. The van der Waals surface area contributed by atoms with Crippen molar-refractivity contribution in [2.24, 2.45) is 0 Å². The third-order valence-electron chi connectivity index (χ3n) is 3.53. The van der Waals surface area contributed by atoms with E-state index in [1.54, 1.807) is 12.1 Å². The van der Waals surface area contributed by atoms with E-state index < -0.39 is 18.0 Å². The van der Waals surface area contributed by atoms with Crippen molar-refractivity contribution in [1.82, 2.24) is 0 Å². The highest BCUT2D eigenvalue weighted by Crippen LogP contribution is 2.18. The van der Waals surface area contributed by atoms with Gasteiger partial charge in [0, 0.05) is 17.0 Å². The molecule has 1 N–H and O–H groups in total. The molecule has 2 rings (SSSR count). The number of rotatable bonds is 7. The molecule has 0 saturated heterocycles. The van der Waals surface area contributed by atoms with Crippen LogP contribution in [0.2, 0.25) is 0 Å². The summed E-state index contributed by atoms with van der Waals surface area (Å²) < 4.78 is 5.11. The molecular weight excluding hydrogens is 338 g/mol. The molecule has 132 valence electrons. The summed E-state index contributed by atoms with van der Waals surface area (Å²) in [6.07, 6.45) is -0.893. The van der Waals surface area contributed by atoms with Crippen LogP contribution in [0.3, 0.4) is 0 Å². The highest BCUT2D eigenvalue weighted by Gasteiger charge is 2.19. The van der Waals surface area contributed by atoms with Crippen LogP contribution in [0.5, 0.6) is 0 Å². The Kier molecular flexibility index (Phi) is 6.47. The number of ether oxygens (including phenoxy) is 1. The summed E-state index contributed by atoms with van der Waals surface area (Å²) in [5.41, 5.74) is 1.67. The molecule has 1 atom stereocenters. The molecule has 0 aliphatic heterocycles. The lowest BCUT2D eigenvalue weighted by Crippen LogP contribution is -2.30. The Hall–Kier alpha value is -2.47. The zero-order chi connectivity index (χ0) is 18.4. The van der Waals surface area contributed by atoms with Crippen LogP contribution in [0.1, 0.15) is 39.9 Å². The van der Waals surface area contributed by atoms with Gasteiger partial charge in [-0.25, -0.2) is 0 Å². The summed E-state index contributed by atoms with van der Waals surface area (Å²) in [6.45, 7) is 5.35. The minimum Gasteiger partial charge on any atom is -0.453 e. The van der Waals surface area contributed by atoms with E-state index >= 15 is 0 Å². The van der Waals surface area contributed by atoms with Crippen LogP contribution in [0.25, 0.3) is 0 Å². The third kappa shape index (κ3) is 5.83. The van der Waals surface area contributed by atoms with Gasteiger partial charge in [0.05, 0.1) is 11.3 Å². The van der Waals surface area contributed by atoms with Crippen molar-refractivity contribution in [3.05, 3.63) is 51.7 Å². The van der Waals surface area contributed by atoms with E-state index in [1.807, 2.05) is 38.1 Å². The molecule has 1 amide bonds. The SMILES string of the molecule is Cc1cccc(NC(=O)[C@@H](C)OC(=O)CCC(=O)c2ccc(C)s2)c1. The normalized spacial score (nSPS) is 11.6. The molecule has 0 fully saturated rings. The van der Waals surface area contributed by atoms with Gasteiger partial charge in [-0.15, -0.1) is 11.3 Å². The van der Waals surface area contributed by atoms with Crippen molar-refractivity contribution in [3.8, 4) is 0 Å². The first-order chi connectivity index (χ1) is 11.8. The number of Topliss-reactive ketones (excluding diaryl/α,β-unsaturated/α-hetero) is 1. The first-order valence-corrected chi connectivity index (χ1v) is 8.83. The Balaban J connectivity index is 1.79. The highest BCUT2D eigenvalue weighted by molar-refractivity contribution is 7.14. The Morgan fingerprint density at radius 2 is 1.88 bits per heavy atom. The fraction of sp³-hybridized carbons (Fsp3) is 0.316. The van der Waals surface area contributed by atoms with E-state index in [4.69, 9.17) is 4.74 Å². The molecule has 0 radical (unpaired) electrons. The van der Waals surface area contributed by atoms with Gasteiger partial charge in [-0.05, 0) is 50.6 Å². The predicted octanol–water partition coefficient (Wildman–Crippen LogP) is 3.90. The minimum atomic E-state index is -0.924. The standard InChI is InChI=1S/C19H21NO4S/c1-12-5-4-6-15(11-12)20-19(23)14(3)24-18(22)10-8-16(21)17-9-7-13(2)25-17/h4-7,9,11,14H,8,10H2,1-3H3,(H,20,23)/t14-/m1/s1. The monoisotopic (exact) mass is 359 g/mol. The van der Waals surface area contributed by atoms with E-state index in [-0.39, 0.29) is 18.6 Å². The fourth-order valence-corrected chi connectivity index (χ4v) is 3.03. The number of nitrogens with one attached hydrogen (secondary N) is 1. The number of ketones is 1. The zero-order valence-electron chi connectivity index (χ0n) is 14.5. The lowest BCUT2D eigenvalue weighted by atomic mass is 10.2. The second-order valence-electron chi connectivity index (χ2n) is 5.82. The third-order valence-corrected chi connectivity index (χ3v) is 4.58. The number of carbonyl (C=O) groups excluding carboxylic acids is 3. The van der Waals surface area contributed by atoms with Gasteiger partial charge in [0.1, 0.15) is 0 Å². The van der Waals surface area contributed by atoms with Crippen LogP contribution in [0.4, 0.5) is 5.69 Å². The number of amides is 1. The number of hydrogen-bond donors (Lipinski definition) is 1. The molecule has 2 aromatic rings. The summed E-state index contributed by atoms with van der Waals surface area (Å²) in [7, 11) is 0. The van der Waals surface area contributed by atoms with Gasteiger partial charge < -0.3 is 10.1 Å². The summed E-state index contributed by atoms with van der Waals surface area (Å²) in [6, 6.07) is 11.0. The van der Waals surface area contributed by atoms with Crippen LogP contribution in [-0.2, 0) is 14.3 Å². The van der Waals surface area contributed by atoms with Gasteiger partial charge in [-0.2, -0.15) is 0 Å². The molecule has 1 aromatic carbocycles. The quantitative estimate of drug-likeness (QED) is 0.601. The van der Waals surface area contributed by atoms with Crippen molar-refractivity contribution in [3.63, 3.8) is 0 Å². The zero-order valence-corrected chi connectivity index (χ0v) is 15.3. The molecule has 25 heavy (non-hydrogen) atoms. The van der Waals surface area contributed by atoms with Crippen molar-refractivity contribution in [1.29, 1.82) is 0 Å². The molecule has 0 bridgehead atoms. The molecular formula is C19H21NO4S. The number of aryl methyl sites for hydroxylation is 2. The molecule has 6 heteroatoms. The van der Waals surface area contributed by atoms with Crippen molar-refractivity contribution >= 4 is 34.7 Å². The number of hydrogen-bond acceptors (Lipinski definition) is 5. The number of esters is 1. The van der Waals surface area contributed by atoms with Crippen LogP contribution in [-0.4, -0.2) is 23.8 Å². The molecule has 0 unspecified atom stereocenters. The van der Waals surface area contributed by atoms with Gasteiger partial charge in [-0.1, -0.05) is 12.1 Å². The summed E-state index contributed by atoms with van der Waals surface area (Å²) >= 11 is 1.40. The van der Waals surface area contributed by atoms with E-state index in [1.165, 1.54) is 18.3 Å². The van der Waals surface area contributed by atoms with Crippen LogP contribution in [0.15, 0.2) is 36.4 Å². The van der Waals surface area contributed by atoms with Crippen molar-refractivity contribution < 1.29 is 19.1 Å². The van der Waals surface area contributed by atoms with Crippen LogP contribution >= 0.6 is 11.3 Å². The van der Waals surface area contributed by atoms with Crippen LogP contribution < -0.4 is 5.32 Å².